The summed E-state index contributed by atoms with van der Waals surface area (Å²) in [5.41, 5.74) is 1.09. The molecule has 2 aliphatic heterocycles. The Morgan fingerprint density at radius 1 is 1.37 bits per heavy atom. The quantitative estimate of drug-likeness (QED) is 0.793. The highest BCUT2D eigenvalue weighted by molar-refractivity contribution is 5.96. The normalized spacial score (nSPS) is 29.9. The lowest BCUT2D eigenvalue weighted by atomic mass is 9.48. The van der Waals surface area contributed by atoms with Gasteiger partial charge in [-0.25, -0.2) is 4.98 Å². The molecule has 3 heterocycles. The fourth-order valence-corrected chi connectivity index (χ4v) is 5.67. The van der Waals surface area contributed by atoms with Gasteiger partial charge < -0.3 is 14.4 Å². The average molecular weight is 373 g/mol. The molecule has 1 saturated carbocycles. The monoisotopic (exact) mass is 373 g/mol. The van der Waals surface area contributed by atoms with Crippen LogP contribution in [0.25, 0.3) is 0 Å². The van der Waals surface area contributed by atoms with Gasteiger partial charge in [0.25, 0.3) is 5.91 Å². The van der Waals surface area contributed by atoms with Crippen LogP contribution in [0.5, 0.6) is 5.88 Å². The molecule has 0 bridgehead atoms. The molecule has 0 N–H and O–H groups in total. The van der Waals surface area contributed by atoms with Crippen LogP contribution >= 0.6 is 0 Å². The first-order valence-corrected chi connectivity index (χ1v) is 10.1. The summed E-state index contributed by atoms with van der Waals surface area (Å²) in [5, 5.41) is 0. The number of amides is 1. The van der Waals surface area contributed by atoms with E-state index < -0.39 is 0 Å². The zero-order valence-electron chi connectivity index (χ0n) is 16.7. The van der Waals surface area contributed by atoms with Crippen molar-refractivity contribution in [1.29, 1.82) is 0 Å². The molecule has 1 aromatic rings. The summed E-state index contributed by atoms with van der Waals surface area (Å²) in [5.74, 6) is 1.05. The topological polar surface area (TPSA) is 54.9 Å². The van der Waals surface area contributed by atoms with Crippen LogP contribution in [0, 0.1) is 16.7 Å². The number of fused-ring (bicyclic) bond motifs is 1. The smallest absolute Gasteiger partial charge is 0.259 e. The van der Waals surface area contributed by atoms with E-state index in [4.69, 9.17) is 9.47 Å². The van der Waals surface area contributed by atoms with Gasteiger partial charge in [0.1, 0.15) is 5.56 Å². The predicted octanol–water partition coefficient (Wildman–Crippen LogP) is 2.30. The van der Waals surface area contributed by atoms with Gasteiger partial charge in [-0.05, 0) is 36.8 Å². The number of likely N-dealkylation sites (tertiary alicyclic amines) is 1. The van der Waals surface area contributed by atoms with Gasteiger partial charge in [-0.2, -0.15) is 0 Å². The molecule has 2 saturated heterocycles. The SMILES string of the molecule is CCOc1ncccc1C(=O)N1C[C@@H]2C(C)(C)C[C@]2(CN2CCOCC2)C1. The van der Waals surface area contributed by atoms with E-state index >= 15 is 0 Å². The number of carbonyl (C=O) groups is 1. The van der Waals surface area contributed by atoms with E-state index in [1.165, 1.54) is 6.42 Å². The summed E-state index contributed by atoms with van der Waals surface area (Å²) in [6.07, 6.45) is 2.86. The van der Waals surface area contributed by atoms with Crippen molar-refractivity contribution in [2.24, 2.45) is 16.7 Å². The first kappa shape index (κ1) is 18.7. The van der Waals surface area contributed by atoms with Gasteiger partial charge in [0, 0.05) is 44.3 Å². The third-order valence-electron chi connectivity index (χ3n) is 6.61. The summed E-state index contributed by atoms with van der Waals surface area (Å²) >= 11 is 0. The summed E-state index contributed by atoms with van der Waals surface area (Å²) in [6, 6.07) is 3.65. The molecule has 0 radical (unpaired) electrons. The average Bonchev–Trinajstić information content (AvgIpc) is 2.97. The third-order valence-corrected chi connectivity index (χ3v) is 6.61. The number of hydrogen-bond acceptors (Lipinski definition) is 5. The molecule has 148 valence electrons. The highest BCUT2D eigenvalue weighted by Gasteiger charge is 2.63. The molecule has 0 aromatic carbocycles. The van der Waals surface area contributed by atoms with Crippen molar-refractivity contribution in [3.05, 3.63) is 23.9 Å². The second kappa shape index (κ2) is 7.06. The molecule has 1 aromatic heterocycles. The molecular formula is C21H31N3O3. The molecule has 2 atom stereocenters. The van der Waals surface area contributed by atoms with Crippen LogP contribution < -0.4 is 4.74 Å². The summed E-state index contributed by atoms with van der Waals surface area (Å²) in [7, 11) is 0. The number of ether oxygens (including phenoxy) is 2. The maximum atomic E-state index is 13.3. The van der Waals surface area contributed by atoms with E-state index in [0.717, 1.165) is 45.9 Å². The van der Waals surface area contributed by atoms with E-state index in [9.17, 15) is 4.79 Å². The van der Waals surface area contributed by atoms with E-state index in [1.54, 1.807) is 6.20 Å². The standard InChI is InChI=1S/C21H31N3O3/c1-4-27-18-16(6-5-7-22-18)19(25)24-12-17-20(2,3)13-21(17,15-24)14-23-8-10-26-11-9-23/h5-7,17H,4,8-15H2,1-3H3/t17-,21+/m1/s1. The summed E-state index contributed by atoms with van der Waals surface area (Å²) in [6.45, 7) is 13.5. The van der Waals surface area contributed by atoms with Crippen LogP contribution in [-0.2, 0) is 4.74 Å². The zero-order valence-corrected chi connectivity index (χ0v) is 16.7. The van der Waals surface area contributed by atoms with E-state index in [2.05, 4.69) is 23.7 Å². The van der Waals surface area contributed by atoms with E-state index in [0.29, 0.717) is 29.4 Å². The van der Waals surface area contributed by atoms with Crippen molar-refractivity contribution < 1.29 is 14.3 Å². The molecule has 0 unspecified atom stereocenters. The van der Waals surface area contributed by atoms with Crippen molar-refractivity contribution in [3.63, 3.8) is 0 Å². The molecule has 0 spiro atoms. The second-order valence-electron chi connectivity index (χ2n) is 8.94. The van der Waals surface area contributed by atoms with Crippen molar-refractivity contribution >= 4 is 5.91 Å². The van der Waals surface area contributed by atoms with E-state index in [-0.39, 0.29) is 11.3 Å². The first-order valence-electron chi connectivity index (χ1n) is 10.1. The number of hydrogen-bond donors (Lipinski definition) is 0. The van der Waals surface area contributed by atoms with Crippen LogP contribution in [0.1, 0.15) is 37.6 Å². The predicted molar refractivity (Wildman–Crippen MR) is 103 cm³/mol. The Morgan fingerprint density at radius 3 is 2.85 bits per heavy atom. The molecule has 4 rings (SSSR count). The van der Waals surface area contributed by atoms with Gasteiger partial charge in [-0.15, -0.1) is 0 Å². The van der Waals surface area contributed by atoms with Crippen LogP contribution in [0.3, 0.4) is 0 Å². The number of pyridine rings is 1. The largest absolute Gasteiger partial charge is 0.477 e. The zero-order chi connectivity index (χ0) is 19.1. The minimum absolute atomic E-state index is 0.0538. The van der Waals surface area contributed by atoms with Gasteiger partial charge in [0.2, 0.25) is 5.88 Å². The van der Waals surface area contributed by atoms with Gasteiger partial charge in [-0.3, -0.25) is 9.69 Å². The summed E-state index contributed by atoms with van der Waals surface area (Å²) in [4.78, 5) is 22.1. The van der Waals surface area contributed by atoms with Crippen LogP contribution in [-0.4, -0.2) is 73.2 Å². The Balaban J connectivity index is 1.53. The maximum Gasteiger partial charge on any atom is 0.259 e. The molecule has 1 amide bonds. The number of aromatic nitrogens is 1. The molecule has 27 heavy (non-hydrogen) atoms. The van der Waals surface area contributed by atoms with Gasteiger partial charge in [0.15, 0.2) is 0 Å². The minimum atomic E-state index is 0.0538. The van der Waals surface area contributed by atoms with Gasteiger partial charge in [0.05, 0.1) is 19.8 Å². The first-order chi connectivity index (χ1) is 13.0. The molecule has 6 nitrogen and oxygen atoms in total. The third kappa shape index (κ3) is 3.34. The number of nitrogens with zero attached hydrogens (tertiary/aromatic N) is 3. The number of rotatable bonds is 5. The van der Waals surface area contributed by atoms with Crippen molar-refractivity contribution in [2.45, 2.75) is 27.2 Å². The molecular weight excluding hydrogens is 342 g/mol. The Morgan fingerprint density at radius 2 is 2.15 bits per heavy atom. The van der Waals surface area contributed by atoms with Crippen LogP contribution in [0.4, 0.5) is 0 Å². The fraction of sp³-hybridized carbons (Fsp3) is 0.714. The maximum absolute atomic E-state index is 13.3. The number of morpholine rings is 1. The molecule has 6 heteroatoms. The van der Waals surface area contributed by atoms with Gasteiger partial charge in [-0.1, -0.05) is 13.8 Å². The van der Waals surface area contributed by atoms with Crippen LogP contribution in [0.15, 0.2) is 18.3 Å². The highest BCUT2D eigenvalue weighted by Crippen LogP contribution is 2.63. The fourth-order valence-electron chi connectivity index (χ4n) is 5.67. The Labute approximate surface area is 161 Å². The minimum Gasteiger partial charge on any atom is -0.477 e. The lowest BCUT2D eigenvalue weighted by Gasteiger charge is -2.58. The molecule has 1 aliphatic carbocycles. The lowest BCUT2D eigenvalue weighted by Crippen LogP contribution is -2.59. The summed E-state index contributed by atoms with van der Waals surface area (Å²) < 4.78 is 11.1. The molecule has 3 fully saturated rings. The Hall–Kier alpha value is -1.66. The Bertz CT molecular complexity index is 702. The second-order valence-corrected chi connectivity index (χ2v) is 8.94. The number of carbonyl (C=O) groups excluding carboxylic acids is 1. The van der Waals surface area contributed by atoms with Crippen molar-refractivity contribution in [3.8, 4) is 5.88 Å². The molecule has 3 aliphatic rings. The van der Waals surface area contributed by atoms with E-state index in [1.807, 2.05) is 24.0 Å². The lowest BCUT2D eigenvalue weighted by molar-refractivity contribution is -0.0966. The van der Waals surface area contributed by atoms with Crippen LogP contribution in [0.2, 0.25) is 0 Å². The Kier molecular flexibility index (Phi) is 4.89. The van der Waals surface area contributed by atoms with Crippen molar-refractivity contribution in [1.82, 2.24) is 14.8 Å². The highest BCUT2D eigenvalue weighted by atomic mass is 16.5. The van der Waals surface area contributed by atoms with Crippen molar-refractivity contribution in [2.75, 3.05) is 52.5 Å². The van der Waals surface area contributed by atoms with Gasteiger partial charge >= 0.3 is 0 Å².